The molecule has 1 heterocycles. The van der Waals surface area contributed by atoms with Crippen molar-refractivity contribution in [3.05, 3.63) is 46.1 Å². The molecule has 0 saturated heterocycles. The SMILES string of the molecule is CCCc1cc(NC(=O)c2cccc(Cl)c2C)n[nH]1. The van der Waals surface area contributed by atoms with Crippen LogP contribution in [0.2, 0.25) is 5.02 Å². The number of anilines is 1. The minimum absolute atomic E-state index is 0.199. The molecule has 100 valence electrons. The molecule has 0 bridgehead atoms. The van der Waals surface area contributed by atoms with E-state index in [0.717, 1.165) is 24.1 Å². The highest BCUT2D eigenvalue weighted by Crippen LogP contribution is 2.19. The lowest BCUT2D eigenvalue weighted by Crippen LogP contribution is -2.13. The van der Waals surface area contributed by atoms with Crippen LogP contribution in [0.1, 0.15) is 35.0 Å². The molecule has 5 heteroatoms. The largest absolute Gasteiger partial charge is 0.305 e. The normalized spacial score (nSPS) is 10.5. The van der Waals surface area contributed by atoms with Gasteiger partial charge >= 0.3 is 0 Å². The van der Waals surface area contributed by atoms with Gasteiger partial charge in [0.1, 0.15) is 0 Å². The van der Waals surface area contributed by atoms with Crippen molar-refractivity contribution < 1.29 is 4.79 Å². The maximum atomic E-state index is 12.1. The van der Waals surface area contributed by atoms with Gasteiger partial charge in [-0.05, 0) is 31.0 Å². The molecule has 0 unspecified atom stereocenters. The summed E-state index contributed by atoms with van der Waals surface area (Å²) < 4.78 is 0. The molecule has 0 fully saturated rings. The molecule has 19 heavy (non-hydrogen) atoms. The van der Waals surface area contributed by atoms with Crippen molar-refractivity contribution in [2.75, 3.05) is 5.32 Å². The highest BCUT2D eigenvalue weighted by atomic mass is 35.5. The summed E-state index contributed by atoms with van der Waals surface area (Å²) in [6.45, 7) is 3.92. The predicted molar refractivity (Wildman–Crippen MR) is 76.7 cm³/mol. The minimum Gasteiger partial charge on any atom is -0.305 e. The molecular formula is C14H16ClN3O. The summed E-state index contributed by atoms with van der Waals surface area (Å²) in [5.74, 6) is 0.336. The van der Waals surface area contributed by atoms with E-state index in [-0.39, 0.29) is 5.91 Å². The van der Waals surface area contributed by atoms with Gasteiger partial charge in [0.25, 0.3) is 5.91 Å². The fourth-order valence-electron chi connectivity index (χ4n) is 1.86. The van der Waals surface area contributed by atoms with E-state index in [0.29, 0.717) is 16.4 Å². The van der Waals surface area contributed by atoms with Crippen LogP contribution in [-0.4, -0.2) is 16.1 Å². The summed E-state index contributed by atoms with van der Waals surface area (Å²) in [5, 5.41) is 10.3. The lowest BCUT2D eigenvalue weighted by atomic mass is 10.1. The Labute approximate surface area is 117 Å². The molecule has 0 atom stereocenters. The third kappa shape index (κ3) is 3.15. The average molecular weight is 278 g/mol. The molecule has 0 spiro atoms. The van der Waals surface area contributed by atoms with Crippen LogP contribution in [-0.2, 0) is 6.42 Å². The summed E-state index contributed by atoms with van der Waals surface area (Å²) in [5.41, 5.74) is 2.35. The van der Waals surface area contributed by atoms with E-state index in [4.69, 9.17) is 11.6 Å². The summed E-state index contributed by atoms with van der Waals surface area (Å²) in [6, 6.07) is 7.12. The van der Waals surface area contributed by atoms with Crippen molar-refractivity contribution >= 4 is 23.3 Å². The smallest absolute Gasteiger partial charge is 0.257 e. The summed E-state index contributed by atoms with van der Waals surface area (Å²) in [7, 11) is 0. The van der Waals surface area contributed by atoms with Crippen LogP contribution < -0.4 is 5.32 Å². The van der Waals surface area contributed by atoms with Crippen LogP contribution in [0.4, 0.5) is 5.82 Å². The Balaban J connectivity index is 2.14. The number of carbonyl (C=O) groups is 1. The first-order valence-electron chi connectivity index (χ1n) is 6.22. The number of aromatic nitrogens is 2. The van der Waals surface area contributed by atoms with Gasteiger partial charge in [0.05, 0.1) is 0 Å². The first-order valence-corrected chi connectivity index (χ1v) is 6.60. The van der Waals surface area contributed by atoms with Gasteiger partial charge in [-0.25, -0.2) is 0 Å². The number of halogens is 1. The number of benzene rings is 1. The van der Waals surface area contributed by atoms with Gasteiger partial charge < -0.3 is 5.32 Å². The van der Waals surface area contributed by atoms with E-state index in [2.05, 4.69) is 22.4 Å². The number of amides is 1. The summed E-state index contributed by atoms with van der Waals surface area (Å²) >= 11 is 6.00. The molecular weight excluding hydrogens is 262 g/mol. The minimum atomic E-state index is -0.199. The van der Waals surface area contributed by atoms with Crippen molar-refractivity contribution in [1.82, 2.24) is 10.2 Å². The molecule has 1 amide bonds. The van der Waals surface area contributed by atoms with Gasteiger partial charge in [0, 0.05) is 22.3 Å². The van der Waals surface area contributed by atoms with E-state index in [1.807, 2.05) is 13.0 Å². The molecule has 2 rings (SSSR count). The van der Waals surface area contributed by atoms with Crippen LogP contribution in [0.25, 0.3) is 0 Å². The summed E-state index contributed by atoms with van der Waals surface area (Å²) in [4.78, 5) is 12.1. The standard InChI is InChI=1S/C14H16ClN3O/c1-3-5-10-8-13(18-17-10)16-14(19)11-6-4-7-12(15)9(11)2/h4,6-8H,3,5H2,1-2H3,(H2,16,17,18,19). The summed E-state index contributed by atoms with van der Waals surface area (Å²) in [6.07, 6.45) is 1.95. The van der Waals surface area contributed by atoms with E-state index in [9.17, 15) is 4.79 Å². The van der Waals surface area contributed by atoms with E-state index >= 15 is 0 Å². The average Bonchev–Trinajstić information content (AvgIpc) is 2.80. The molecule has 0 radical (unpaired) electrons. The molecule has 0 saturated carbocycles. The van der Waals surface area contributed by atoms with Crippen molar-refractivity contribution in [2.24, 2.45) is 0 Å². The Hall–Kier alpha value is -1.81. The molecule has 4 nitrogen and oxygen atoms in total. The number of hydrogen-bond donors (Lipinski definition) is 2. The Morgan fingerprint density at radius 2 is 2.26 bits per heavy atom. The molecule has 1 aromatic heterocycles. The van der Waals surface area contributed by atoms with Crippen LogP contribution in [0.5, 0.6) is 0 Å². The first kappa shape index (κ1) is 13.6. The number of aromatic amines is 1. The second-order valence-corrected chi connectivity index (χ2v) is 4.80. The fourth-order valence-corrected chi connectivity index (χ4v) is 2.03. The van der Waals surface area contributed by atoms with Crippen molar-refractivity contribution in [3.63, 3.8) is 0 Å². The van der Waals surface area contributed by atoms with Crippen LogP contribution >= 0.6 is 11.6 Å². The third-order valence-corrected chi connectivity index (χ3v) is 3.31. The second-order valence-electron chi connectivity index (χ2n) is 4.39. The molecule has 2 N–H and O–H groups in total. The molecule has 0 aliphatic carbocycles. The van der Waals surface area contributed by atoms with Crippen molar-refractivity contribution in [3.8, 4) is 0 Å². The maximum absolute atomic E-state index is 12.1. The first-order chi connectivity index (χ1) is 9.11. The maximum Gasteiger partial charge on any atom is 0.257 e. The van der Waals surface area contributed by atoms with Gasteiger partial charge in [-0.2, -0.15) is 5.10 Å². The highest BCUT2D eigenvalue weighted by molar-refractivity contribution is 6.32. The topological polar surface area (TPSA) is 57.8 Å². The number of carbonyl (C=O) groups excluding carboxylic acids is 1. The van der Waals surface area contributed by atoms with E-state index in [1.54, 1.807) is 18.2 Å². The Kier molecular flexibility index (Phi) is 4.22. The van der Waals surface area contributed by atoms with Gasteiger partial charge in [-0.15, -0.1) is 0 Å². The quantitative estimate of drug-likeness (QED) is 0.897. The second kappa shape index (κ2) is 5.89. The van der Waals surface area contributed by atoms with Crippen LogP contribution in [0.3, 0.4) is 0 Å². The molecule has 1 aromatic carbocycles. The fraction of sp³-hybridized carbons (Fsp3) is 0.286. The Morgan fingerprint density at radius 1 is 1.47 bits per heavy atom. The van der Waals surface area contributed by atoms with Gasteiger partial charge in [0.2, 0.25) is 0 Å². The number of aryl methyl sites for hydroxylation is 1. The zero-order valence-electron chi connectivity index (χ0n) is 11.0. The van der Waals surface area contributed by atoms with E-state index < -0.39 is 0 Å². The lowest BCUT2D eigenvalue weighted by molar-refractivity contribution is 0.102. The number of nitrogens with zero attached hydrogens (tertiary/aromatic N) is 1. The zero-order valence-corrected chi connectivity index (χ0v) is 11.7. The lowest BCUT2D eigenvalue weighted by Gasteiger charge is -2.06. The Bertz CT molecular complexity index is 592. The monoisotopic (exact) mass is 277 g/mol. The van der Waals surface area contributed by atoms with Gasteiger partial charge in [0.15, 0.2) is 5.82 Å². The number of nitrogens with one attached hydrogen (secondary N) is 2. The predicted octanol–water partition coefficient (Wildman–Crippen LogP) is 3.58. The Morgan fingerprint density at radius 3 is 3.00 bits per heavy atom. The van der Waals surface area contributed by atoms with Crippen LogP contribution in [0, 0.1) is 6.92 Å². The molecule has 0 aliphatic heterocycles. The van der Waals surface area contributed by atoms with Crippen LogP contribution in [0.15, 0.2) is 24.3 Å². The van der Waals surface area contributed by atoms with Crippen molar-refractivity contribution in [2.45, 2.75) is 26.7 Å². The van der Waals surface area contributed by atoms with E-state index in [1.165, 1.54) is 0 Å². The molecule has 0 aliphatic rings. The number of H-pyrrole nitrogens is 1. The zero-order chi connectivity index (χ0) is 13.8. The number of rotatable bonds is 4. The third-order valence-electron chi connectivity index (χ3n) is 2.90. The van der Waals surface area contributed by atoms with Gasteiger partial charge in [-0.1, -0.05) is 31.0 Å². The van der Waals surface area contributed by atoms with Gasteiger partial charge in [-0.3, -0.25) is 9.89 Å². The highest BCUT2D eigenvalue weighted by Gasteiger charge is 2.12. The van der Waals surface area contributed by atoms with Crippen molar-refractivity contribution in [1.29, 1.82) is 0 Å². The molecule has 2 aromatic rings. The number of hydrogen-bond acceptors (Lipinski definition) is 2.